The number of nitrogens with zero attached hydrogens (tertiary/aromatic N) is 3. The zero-order chi connectivity index (χ0) is 14.3. The van der Waals surface area contributed by atoms with Crippen molar-refractivity contribution >= 4 is 39.6 Å². The van der Waals surface area contributed by atoms with Gasteiger partial charge in [0.2, 0.25) is 5.95 Å². The summed E-state index contributed by atoms with van der Waals surface area (Å²) in [5.41, 5.74) is 10.1. The summed E-state index contributed by atoms with van der Waals surface area (Å²) in [7, 11) is 0. The predicted octanol–water partition coefficient (Wildman–Crippen LogP) is 3.39. The number of fused-ring (bicyclic) bond motifs is 1. The lowest BCUT2D eigenvalue weighted by atomic mass is 10.1. The SMILES string of the molecule is Cc1cccc(-n2c(N)nc3cc(I)ccc32)c1C#N. The lowest BCUT2D eigenvalue weighted by Crippen LogP contribution is -2.03. The zero-order valence-electron chi connectivity index (χ0n) is 10.8. The van der Waals surface area contributed by atoms with Gasteiger partial charge >= 0.3 is 0 Å². The van der Waals surface area contributed by atoms with Crippen LogP contribution in [0.4, 0.5) is 5.95 Å². The second-order valence-electron chi connectivity index (χ2n) is 4.52. The summed E-state index contributed by atoms with van der Waals surface area (Å²) >= 11 is 2.24. The molecule has 0 aliphatic carbocycles. The number of aryl methyl sites for hydroxylation is 1. The van der Waals surface area contributed by atoms with E-state index in [0.717, 1.165) is 25.9 Å². The third-order valence-corrected chi connectivity index (χ3v) is 3.92. The minimum absolute atomic E-state index is 0.393. The van der Waals surface area contributed by atoms with E-state index in [0.29, 0.717) is 11.5 Å². The topological polar surface area (TPSA) is 67.6 Å². The van der Waals surface area contributed by atoms with Crippen LogP contribution in [0.25, 0.3) is 16.7 Å². The van der Waals surface area contributed by atoms with E-state index in [1.165, 1.54) is 0 Å². The Morgan fingerprint density at radius 2 is 2.10 bits per heavy atom. The fourth-order valence-corrected chi connectivity index (χ4v) is 2.78. The van der Waals surface area contributed by atoms with Crippen LogP contribution >= 0.6 is 22.6 Å². The predicted molar refractivity (Wildman–Crippen MR) is 87.7 cm³/mol. The first-order valence-electron chi connectivity index (χ1n) is 6.05. The summed E-state index contributed by atoms with van der Waals surface area (Å²) in [5.74, 6) is 0.393. The van der Waals surface area contributed by atoms with Crippen LogP contribution in [-0.2, 0) is 0 Å². The van der Waals surface area contributed by atoms with Crippen LogP contribution in [-0.4, -0.2) is 9.55 Å². The molecule has 2 N–H and O–H groups in total. The van der Waals surface area contributed by atoms with E-state index in [-0.39, 0.29) is 0 Å². The maximum Gasteiger partial charge on any atom is 0.205 e. The molecule has 0 saturated carbocycles. The number of aromatic nitrogens is 2. The number of nitrogen functional groups attached to an aromatic ring is 1. The Morgan fingerprint density at radius 3 is 2.85 bits per heavy atom. The van der Waals surface area contributed by atoms with Crippen molar-refractivity contribution in [2.45, 2.75) is 6.92 Å². The van der Waals surface area contributed by atoms with Gasteiger partial charge in [0.1, 0.15) is 6.07 Å². The Bertz CT molecular complexity index is 858. The van der Waals surface area contributed by atoms with Gasteiger partial charge in [-0.15, -0.1) is 0 Å². The fraction of sp³-hybridized carbons (Fsp3) is 0.0667. The fourth-order valence-electron chi connectivity index (χ4n) is 2.31. The van der Waals surface area contributed by atoms with Gasteiger partial charge in [0.15, 0.2) is 0 Å². The highest BCUT2D eigenvalue weighted by Crippen LogP contribution is 2.27. The van der Waals surface area contributed by atoms with E-state index in [4.69, 9.17) is 5.73 Å². The van der Waals surface area contributed by atoms with Gasteiger partial charge in [-0.2, -0.15) is 5.26 Å². The van der Waals surface area contributed by atoms with Crippen LogP contribution in [0, 0.1) is 21.8 Å². The minimum Gasteiger partial charge on any atom is -0.369 e. The lowest BCUT2D eigenvalue weighted by molar-refractivity contribution is 1.09. The highest BCUT2D eigenvalue weighted by atomic mass is 127. The molecule has 0 radical (unpaired) electrons. The van der Waals surface area contributed by atoms with E-state index in [1.54, 1.807) is 0 Å². The van der Waals surface area contributed by atoms with Crippen LogP contribution in [0.2, 0.25) is 0 Å². The number of nitriles is 1. The average Bonchev–Trinajstić information content (AvgIpc) is 2.73. The summed E-state index contributed by atoms with van der Waals surface area (Å²) in [6.07, 6.45) is 0. The van der Waals surface area contributed by atoms with Crippen LogP contribution < -0.4 is 5.73 Å². The molecular formula is C15H11IN4. The summed E-state index contributed by atoms with van der Waals surface area (Å²) in [4.78, 5) is 4.38. The first-order valence-corrected chi connectivity index (χ1v) is 7.13. The maximum atomic E-state index is 9.38. The minimum atomic E-state index is 0.393. The van der Waals surface area contributed by atoms with Gasteiger partial charge in [-0.3, -0.25) is 4.57 Å². The van der Waals surface area contributed by atoms with E-state index in [2.05, 4.69) is 33.6 Å². The third kappa shape index (κ3) is 1.93. The van der Waals surface area contributed by atoms with E-state index in [9.17, 15) is 5.26 Å². The number of rotatable bonds is 1. The molecule has 3 rings (SSSR count). The highest BCUT2D eigenvalue weighted by molar-refractivity contribution is 14.1. The number of hydrogen-bond acceptors (Lipinski definition) is 3. The molecule has 0 amide bonds. The Kier molecular flexibility index (Phi) is 3.10. The van der Waals surface area contributed by atoms with Gasteiger partial charge in [0, 0.05) is 3.57 Å². The molecule has 2 aromatic carbocycles. The van der Waals surface area contributed by atoms with E-state index < -0.39 is 0 Å². The molecule has 0 atom stereocenters. The van der Waals surface area contributed by atoms with Crippen LogP contribution in [0.15, 0.2) is 36.4 Å². The van der Waals surface area contributed by atoms with Crippen LogP contribution in [0.1, 0.15) is 11.1 Å². The number of halogens is 1. The second-order valence-corrected chi connectivity index (χ2v) is 5.76. The lowest BCUT2D eigenvalue weighted by Gasteiger charge is -2.10. The molecule has 1 heterocycles. The number of imidazole rings is 1. The van der Waals surface area contributed by atoms with E-state index in [1.807, 2.05) is 47.9 Å². The van der Waals surface area contributed by atoms with Crippen molar-refractivity contribution in [1.82, 2.24) is 9.55 Å². The smallest absolute Gasteiger partial charge is 0.205 e. The summed E-state index contributed by atoms with van der Waals surface area (Å²) in [6.45, 7) is 1.92. The van der Waals surface area contributed by atoms with Gasteiger partial charge in [0.05, 0.1) is 22.3 Å². The number of nitrogens with two attached hydrogens (primary N) is 1. The van der Waals surface area contributed by atoms with Crippen molar-refractivity contribution in [3.8, 4) is 11.8 Å². The molecular weight excluding hydrogens is 363 g/mol. The summed E-state index contributed by atoms with van der Waals surface area (Å²) < 4.78 is 2.93. The maximum absolute atomic E-state index is 9.38. The van der Waals surface area contributed by atoms with Gasteiger partial charge in [-0.1, -0.05) is 12.1 Å². The van der Waals surface area contributed by atoms with Gasteiger partial charge < -0.3 is 5.73 Å². The van der Waals surface area contributed by atoms with Crippen molar-refractivity contribution in [3.05, 3.63) is 51.1 Å². The third-order valence-electron chi connectivity index (χ3n) is 3.25. The first kappa shape index (κ1) is 12.9. The molecule has 0 saturated heterocycles. The largest absolute Gasteiger partial charge is 0.369 e. The summed E-state index contributed by atoms with van der Waals surface area (Å²) in [5, 5.41) is 9.38. The molecule has 0 aliphatic rings. The molecule has 0 bridgehead atoms. The van der Waals surface area contributed by atoms with Crippen molar-refractivity contribution in [2.75, 3.05) is 5.73 Å². The van der Waals surface area contributed by atoms with Crippen LogP contribution in [0.3, 0.4) is 0 Å². The summed E-state index contributed by atoms with van der Waals surface area (Å²) in [6, 6.07) is 13.9. The standard InChI is InChI=1S/C15H11IN4/c1-9-3-2-4-13(11(9)8-17)20-14-6-5-10(16)7-12(14)19-15(20)18/h2-7H,1H3,(H2,18,19). The van der Waals surface area contributed by atoms with Crippen LogP contribution in [0.5, 0.6) is 0 Å². The molecule has 1 aromatic heterocycles. The van der Waals surface area contributed by atoms with E-state index >= 15 is 0 Å². The van der Waals surface area contributed by atoms with Gasteiger partial charge in [-0.25, -0.2) is 4.98 Å². The van der Waals surface area contributed by atoms with Crippen molar-refractivity contribution in [2.24, 2.45) is 0 Å². The average molecular weight is 374 g/mol. The van der Waals surface area contributed by atoms with Crippen molar-refractivity contribution < 1.29 is 0 Å². The number of anilines is 1. The quantitative estimate of drug-likeness (QED) is 0.664. The first-order chi connectivity index (χ1) is 9.61. The molecule has 4 nitrogen and oxygen atoms in total. The normalized spacial score (nSPS) is 10.7. The van der Waals surface area contributed by atoms with Gasteiger partial charge in [0.25, 0.3) is 0 Å². The Morgan fingerprint density at radius 1 is 1.30 bits per heavy atom. The molecule has 0 fully saturated rings. The molecule has 20 heavy (non-hydrogen) atoms. The Balaban J connectivity index is 2.39. The highest BCUT2D eigenvalue weighted by Gasteiger charge is 2.14. The molecule has 5 heteroatoms. The number of hydrogen-bond donors (Lipinski definition) is 1. The molecule has 3 aromatic rings. The molecule has 98 valence electrons. The monoisotopic (exact) mass is 374 g/mol. The Hall–Kier alpha value is -2.07. The van der Waals surface area contributed by atoms with Crippen molar-refractivity contribution in [1.29, 1.82) is 5.26 Å². The Labute approximate surface area is 130 Å². The van der Waals surface area contributed by atoms with Gasteiger partial charge in [-0.05, 0) is 59.3 Å². The van der Waals surface area contributed by atoms with Crippen molar-refractivity contribution in [3.63, 3.8) is 0 Å². The molecule has 0 aliphatic heterocycles. The molecule has 0 unspecified atom stereocenters. The second kappa shape index (κ2) is 4.80. The number of benzene rings is 2. The zero-order valence-corrected chi connectivity index (χ0v) is 12.9. The molecule has 0 spiro atoms.